The van der Waals surface area contributed by atoms with Gasteiger partial charge in [0.05, 0.1) is 23.1 Å². The Morgan fingerprint density at radius 1 is 1.13 bits per heavy atom. The molecule has 5 rings (SSSR count). The van der Waals surface area contributed by atoms with Crippen LogP contribution in [-0.4, -0.2) is 31.5 Å². The van der Waals surface area contributed by atoms with Crippen molar-refractivity contribution in [1.29, 1.82) is 0 Å². The van der Waals surface area contributed by atoms with Crippen molar-refractivity contribution in [2.45, 2.75) is 26.3 Å². The van der Waals surface area contributed by atoms with Gasteiger partial charge in [0.2, 0.25) is 5.91 Å². The third-order valence-electron chi connectivity index (χ3n) is 5.58. The zero-order valence-corrected chi connectivity index (χ0v) is 17.5. The van der Waals surface area contributed by atoms with E-state index in [0.717, 1.165) is 50.2 Å². The van der Waals surface area contributed by atoms with Gasteiger partial charge in [-0.3, -0.25) is 14.2 Å². The van der Waals surface area contributed by atoms with Crippen LogP contribution in [0.25, 0.3) is 33.3 Å². The minimum atomic E-state index is 0.0341. The average molecular weight is 400 g/mol. The molecule has 0 saturated heterocycles. The summed E-state index contributed by atoms with van der Waals surface area (Å²) in [6.45, 7) is 4.08. The maximum absolute atomic E-state index is 12.2. The maximum atomic E-state index is 12.2. The highest BCUT2D eigenvalue weighted by Gasteiger charge is 2.22. The molecule has 0 unspecified atom stereocenters. The first-order chi connectivity index (χ1) is 14.4. The molecule has 1 amide bonds. The van der Waals surface area contributed by atoms with Crippen molar-refractivity contribution in [1.82, 2.24) is 19.6 Å². The fourth-order valence-electron chi connectivity index (χ4n) is 4.23. The topological polar surface area (TPSA) is 76.8 Å². The molecule has 0 aliphatic carbocycles. The van der Waals surface area contributed by atoms with Crippen molar-refractivity contribution in [3.63, 3.8) is 0 Å². The van der Waals surface area contributed by atoms with Crippen LogP contribution >= 0.6 is 0 Å². The van der Waals surface area contributed by atoms with Crippen LogP contribution in [0.3, 0.4) is 0 Å². The monoisotopic (exact) mass is 400 g/mol. The molecule has 0 fully saturated rings. The van der Waals surface area contributed by atoms with E-state index >= 15 is 0 Å². The highest BCUT2D eigenvalue weighted by atomic mass is 16.1. The van der Waals surface area contributed by atoms with Gasteiger partial charge in [-0.05, 0) is 49.2 Å². The van der Waals surface area contributed by atoms with Gasteiger partial charge in [0.15, 0.2) is 0 Å². The normalized spacial score (nSPS) is 16.1. The van der Waals surface area contributed by atoms with E-state index in [2.05, 4.69) is 40.0 Å². The molecule has 3 heterocycles. The van der Waals surface area contributed by atoms with Crippen LogP contribution in [0.1, 0.15) is 18.9 Å². The van der Waals surface area contributed by atoms with E-state index in [0.29, 0.717) is 6.42 Å². The molecular weight excluding hydrogens is 376 g/mol. The van der Waals surface area contributed by atoms with Crippen molar-refractivity contribution in [3.8, 4) is 22.4 Å². The molecule has 2 aromatic heterocycles. The molecule has 4 aromatic rings. The molecule has 0 bridgehead atoms. The Bertz CT molecular complexity index is 1300. The van der Waals surface area contributed by atoms with Crippen LogP contribution in [0.4, 0.5) is 11.4 Å². The molecule has 2 N–H and O–H groups in total. The number of benzene rings is 2. The Hall–Kier alpha value is -3.61. The second-order valence-corrected chi connectivity index (χ2v) is 8.14. The van der Waals surface area contributed by atoms with Crippen LogP contribution in [0.15, 0.2) is 42.7 Å². The highest BCUT2D eigenvalue weighted by molar-refractivity contribution is 6.02. The molecule has 7 heteroatoms. The fraction of sp³-hybridized carbons (Fsp3) is 0.261. The number of fused-ring (bicyclic) bond motifs is 2. The zero-order chi connectivity index (χ0) is 21.0. The van der Waals surface area contributed by atoms with E-state index in [-0.39, 0.29) is 11.9 Å². The summed E-state index contributed by atoms with van der Waals surface area (Å²) in [7, 11) is 3.86. The number of amides is 1. The van der Waals surface area contributed by atoms with Gasteiger partial charge in [-0.2, -0.15) is 10.2 Å². The van der Waals surface area contributed by atoms with Gasteiger partial charge < -0.3 is 10.6 Å². The van der Waals surface area contributed by atoms with E-state index in [1.54, 1.807) is 4.68 Å². The summed E-state index contributed by atoms with van der Waals surface area (Å²) in [6.07, 6.45) is 4.26. The van der Waals surface area contributed by atoms with Crippen LogP contribution < -0.4 is 10.6 Å². The molecule has 2 aromatic carbocycles. The van der Waals surface area contributed by atoms with Gasteiger partial charge in [0, 0.05) is 49.3 Å². The predicted octanol–water partition coefficient (Wildman–Crippen LogP) is 4.09. The second kappa shape index (κ2) is 6.73. The van der Waals surface area contributed by atoms with Crippen molar-refractivity contribution < 1.29 is 4.79 Å². The summed E-state index contributed by atoms with van der Waals surface area (Å²) >= 11 is 0. The summed E-state index contributed by atoms with van der Waals surface area (Å²) < 4.78 is 3.69. The third-order valence-corrected chi connectivity index (χ3v) is 5.58. The van der Waals surface area contributed by atoms with Gasteiger partial charge in [-0.15, -0.1) is 0 Å². The lowest BCUT2D eigenvalue weighted by Gasteiger charge is -2.18. The van der Waals surface area contributed by atoms with E-state index < -0.39 is 0 Å². The van der Waals surface area contributed by atoms with Crippen molar-refractivity contribution in [2.24, 2.45) is 14.1 Å². The lowest BCUT2D eigenvalue weighted by molar-refractivity contribution is -0.116. The van der Waals surface area contributed by atoms with Crippen molar-refractivity contribution >= 4 is 28.2 Å². The molecule has 152 valence electrons. The molecule has 0 radical (unpaired) electrons. The SMILES string of the molecule is Cc1cc2c(c(-c3ccc4c(c3)c(-c3cnn(C)c3)nn4C)c1)N[C@H](C)CC(=O)N2. The number of nitrogens with one attached hydrogen (secondary N) is 2. The number of hydrogen-bond acceptors (Lipinski definition) is 4. The van der Waals surface area contributed by atoms with Crippen LogP contribution in [-0.2, 0) is 18.9 Å². The van der Waals surface area contributed by atoms with Crippen LogP contribution in [0, 0.1) is 6.92 Å². The second-order valence-electron chi connectivity index (χ2n) is 8.14. The standard InChI is InChI=1S/C23H24N6O/c1-13-7-17(23-19(8-13)26-21(30)9-14(2)25-23)15-5-6-20-18(10-15)22(27-29(20)4)16-11-24-28(3)12-16/h5-8,10-12,14,25H,9H2,1-4H3,(H,26,30)/t14-/m1/s1. The van der Waals surface area contributed by atoms with Crippen LogP contribution in [0.2, 0.25) is 0 Å². The summed E-state index contributed by atoms with van der Waals surface area (Å²) in [5.74, 6) is 0.0341. The van der Waals surface area contributed by atoms with E-state index in [1.807, 2.05) is 51.1 Å². The molecule has 0 spiro atoms. The Labute approximate surface area is 174 Å². The Morgan fingerprint density at radius 2 is 1.97 bits per heavy atom. The lowest BCUT2D eigenvalue weighted by Crippen LogP contribution is -2.19. The largest absolute Gasteiger partial charge is 0.380 e. The number of aromatic nitrogens is 4. The molecule has 1 aliphatic heterocycles. The van der Waals surface area contributed by atoms with E-state index in [4.69, 9.17) is 5.10 Å². The average Bonchev–Trinajstić information content (AvgIpc) is 3.22. The Kier molecular flexibility index (Phi) is 4.13. The molecule has 30 heavy (non-hydrogen) atoms. The van der Waals surface area contributed by atoms with Gasteiger partial charge in [0.1, 0.15) is 5.69 Å². The van der Waals surface area contributed by atoms with Gasteiger partial charge >= 0.3 is 0 Å². The third kappa shape index (κ3) is 3.03. The number of anilines is 2. The summed E-state index contributed by atoms with van der Waals surface area (Å²) in [4.78, 5) is 12.2. The molecular formula is C23H24N6O. The number of hydrogen-bond donors (Lipinski definition) is 2. The number of nitrogens with zero attached hydrogens (tertiary/aromatic N) is 4. The number of aryl methyl sites for hydroxylation is 3. The Balaban J connectivity index is 1.72. The van der Waals surface area contributed by atoms with Gasteiger partial charge in [0.25, 0.3) is 0 Å². The van der Waals surface area contributed by atoms with Gasteiger partial charge in [-0.25, -0.2) is 0 Å². The number of carbonyl (C=O) groups is 1. The van der Waals surface area contributed by atoms with E-state index in [9.17, 15) is 4.79 Å². The van der Waals surface area contributed by atoms with E-state index in [1.165, 1.54) is 0 Å². The van der Waals surface area contributed by atoms with Gasteiger partial charge in [-0.1, -0.05) is 6.07 Å². The van der Waals surface area contributed by atoms with Crippen molar-refractivity contribution in [3.05, 3.63) is 48.3 Å². The summed E-state index contributed by atoms with van der Waals surface area (Å²) in [5, 5.41) is 16.7. The molecule has 1 aliphatic rings. The maximum Gasteiger partial charge on any atom is 0.226 e. The zero-order valence-electron chi connectivity index (χ0n) is 17.5. The van der Waals surface area contributed by atoms with Crippen LogP contribution in [0.5, 0.6) is 0 Å². The quantitative estimate of drug-likeness (QED) is 0.531. The highest BCUT2D eigenvalue weighted by Crippen LogP contribution is 2.40. The number of rotatable bonds is 2. The molecule has 0 saturated carbocycles. The minimum absolute atomic E-state index is 0.0341. The minimum Gasteiger partial charge on any atom is -0.380 e. The first-order valence-electron chi connectivity index (χ1n) is 10.1. The lowest BCUT2D eigenvalue weighted by atomic mass is 9.97. The summed E-state index contributed by atoms with van der Waals surface area (Å²) in [6, 6.07) is 10.6. The molecule has 7 nitrogen and oxygen atoms in total. The Morgan fingerprint density at radius 3 is 2.73 bits per heavy atom. The number of carbonyl (C=O) groups excluding carboxylic acids is 1. The first-order valence-corrected chi connectivity index (χ1v) is 10.1. The fourth-order valence-corrected chi connectivity index (χ4v) is 4.23. The molecule has 1 atom stereocenters. The smallest absolute Gasteiger partial charge is 0.226 e. The first kappa shape index (κ1) is 18.4. The predicted molar refractivity (Wildman–Crippen MR) is 119 cm³/mol. The summed E-state index contributed by atoms with van der Waals surface area (Å²) in [5.41, 5.74) is 8.00. The van der Waals surface area contributed by atoms with Crippen molar-refractivity contribution in [2.75, 3.05) is 10.6 Å².